The zero-order valence-corrected chi connectivity index (χ0v) is 9.89. The van der Waals surface area contributed by atoms with Crippen LogP contribution < -0.4 is 16.4 Å². The van der Waals surface area contributed by atoms with Crippen molar-refractivity contribution in [1.29, 1.82) is 0 Å². The molecule has 1 aliphatic rings. The van der Waals surface area contributed by atoms with Crippen molar-refractivity contribution in [3.8, 4) is 0 Å². The van der Waals surface area contributed by atoms with Crippen LogP contribution in [0.15, 0.2) is 29.3 Å². The Balaban J connectivity index is 2.01. The fraction of sp³-hybridized carbons (Fsp3) is 0.333. The maximum atomic E-state index is 11.5. The first kappa shape index (κ1) is 12.5. The van der Waals surface area contributed by atoms with Gasteiger partial charge in [0.1, 0.15) is 11.9 Å². The Kier molecular flexibility index (Phi) is 3.91. The predicted octanol–water partition coefficient (Wildman–Crippen LogP) is -0.705. The second-order valence-electron chi connectivity index (χ2n) is 4.01. The standard InChI is InChI=1S/C12H16N4O2/c13-10(7-17)12(18)16-9-3-1-8(2-4-9)11-14-5-6-15-11/h1-4,10,17H,5-7,13H2,(H,14,15)(H,16,18). The van der Waals surface area contributed by atoms with Crippen molar-refractivity contribution < 1.29 is 9.90 Å². The Morgan fingerprint density at radius 2 is 2.22 bits per heavy atom. The molecule has 1 atom stereocenters. The normalized spacial score (nSPS) is 15.8. The first-order chi connectivity index (χ1) is 8.70. The quantitative estimate of drug-likeness (QED) is 0.566. The summed E-state index contributed by atoms with van der Waals surface area (Å²) in [7, 11) is 0. The lowest BCUT2D eigenvalue weighted by Gasteiger charge is -2.10. The minimum absolute atomic E-state index is 0.370. The van der Waals surface area contributed by atoms with Gasteiger partial charge in [-0.1, -0.05) is 0 Å². The van der Waals surface area contributed by atoms with Crippen molar-refractivity contribution in [3.05, 3.63) is 29.8 Å². The molecule has 18 heavy (non-hydrogen) atoms. The monoisotopic (exact) mass is 248 g/mol. The molecule has 1 aromatic rings. The number of nitrogens with zero attached hydrogens (tertiary/aromatic N) is 1. The Morgan fingerprint density at radius 3 is 2.78 bits per heavy atom. The van der Waals surface area contributed by atoms with Gasteiger partial charge >= 0.3 is 0 Å². The van der Waals surface area contributed by atoms with Crippen molar-refractivity contribution in [1.82, 2.24) is 5.32 Å². The molecular weight excluding hydrogens is 232 g/mol. The van der Waals surface area contributed by atoms with Crippen molar-refractivity contribution in [2.75, 3.05) is 25.0 Å². The number of carbonyl (C=O) groups is 1. The first-order valence-corrected chi connectivity index (χ1v) is 5.77. The highest BCUT2D eigenvalue weighted by atomic mass is 16.3. The summed E-state index contributed by atoms with van der Waals surface area (Å²) >= 11 is 0. The van der Waals surface area contributed by atoms with E-state index in [4.69, 9.17) is 10.8 Å². The Hall–Kier alpha value is -1.92. The van der Waals surface area contributed by atoms with Crippen molar-refractivity contribution in [2.24, 2.45) is 10.7 Å². The highest BCUT2D eigenvalue weighted by Gasteiger charge is 2.12. The molecule has 96 valence electrons. The van der Waals surface area contributed by atoms with E-state index in [0.717, 1.165) is 24.5 Å². The fourth-order valence-electron chi connectivity index (χ4n) is 1.62. The molecule has 0 aliphatic carbocycles. The highest BCUT2D eigenvalue weighted by Crippen LogP contribution is 2.11. The van der Waals surface area contributed by atoms with E-state index >= 15 is 0 Å². The number of nitrogens with one attached hydrogen (secondary N) is 2. The van der Waals surface area contributed by atoms with Gasteiger partial charge in [-0.2, -0.15) is 0 Å². The second-order valence-corrected chi connectivity index (χ2v) is 4.01. The van der Waals surface area contributed by atoms with Crippen LogP contribution in [0.25, 0.3) is 0 Å². The fourth-order valence-corrected chi connectivity index (χ4v) is 1.62. The minimum atomic E-state index is -0.898. The first-order valence-electron chi connectivity index (χ1n) is 5.77. The summed E-state index contributed by atoms with van der Waals surface area (Å²) in [5.74, 6) is 0.474. The van der Waals surface area contributed by atoms with E-state index in [1.54, 1.807) is 12.1 Å². The Labute approximate surface area is 105 Å². The van der Waals surface area contributed by atoms with Crippen molar-refractivity contribution >= 4 is 17.4 Å². The number of anilines is 1. The maximum Gasteiger partial charge on any atom is 0.243 e. The van der Waals surface area contributed by atoms with Gasteiger partial charge in [0.2, 0.25) is 5.91 Å². The maximum absolute atomic E-state index is 11.5. The molecule has 5 N–H and O–H groups in total. The smallest absolute Gasteiger partial charge is 0.243 e. The molecule has 2 rings (SSSR count). The third-order valence-corrected chi connectivity index (χ3v) is 2.63. The number of amides is 1. The van der Waals surface area contributed by atoms with Crippen molar-refractivity contribution in [3.63, 3.8) is 0 Å². The van der Waals surface area contributed by atoms with Crippen LogP contribution in [-0.2, 0) is 4.79 Å². The summed E-state index contributed by atoms with van der Waals surface area (Å²) < 4.78 is 0. The van der Waals surface area contributed by atoms with Gasteiger partial charge < -0.3 is 21.5 Å². The van der Waals surface area contributed by atoms with Gasteiger partial charge in [-0.15, -0.1) is 0 Å². The average Bonchev–Trinajstić information content (AvgIpc) is 2.92. The predicted molar refractivity (Wildman–Crippen MR) is 69.5 cm³/mol. The average molecular weight is 248 g/mol. The number of carbonyl (C=O) groups excluding carboxylic acids is 1. The lowest BCUT2D eigenvalue weighted by atomic mass is 10.2. The summed E-state index contributed by atoms with van der Waals surface area (Å²) in [5.41, 5.74) is 7.03. The zero-order valence-electron chi connectivity index (χ0n) is 9.89. The summed E-state index contributed by atoms with van der Waals surface area (Å²) in [4.78, 5) is 15.8. The Bertz CT molecular complexity index is 456. The van der Waals surface area contributed by atoms with Crippen LogP contribution >= 0.6 is 0 Å². The molecular formula is C12H16N4O2. The summed E-state index contributed by atoms with van der Waals surface area (Å²) in [6.45, 7) is 1.28. The van der Waals surface area contributed by atoms with Crippen molar-refractivity contribution in [2.45, 2.75) is 6.04 Å². The third kappa shape index (κ3) is 2.85. The number of hydrogen-bond donors (Lipinski definition) is 4. The lowest BCUT2D eigenvalue weighted by Crippen LogP contribution is -2.38. The number of aliphatic imine (C=N–C) groups is 1. The minimum Gasteiger partial charge on any atom is -0.394 e. The SMILES string of the molecule is NC(CO)C(=O)Nc1ccc(C2=NCCN2)cc1. The van der Waals surface area contributed by atoms with Crippen LogP contribution in [0.5, 0.6) is 0 Å². The molecule has 0 saturated carbocycles. The number of amidine groups is 1. The van der Waals surface area contributed by atoms with Gasteiger partial charge in [0, 0.05) is 17.8 Å². The summed E-state index contributed by atoms with van der Waals surface area (Å²) in [5, 5.41) is 14.6. The van der Waals surface area contributed by atoms with Gasteiger partial charge in [-0.05, 0) is 24.3 Å². The number of aliphatic hydroxyl groups excluding tert-OH is 1. The molecule has 0 fully saturated rings. The molecule has 1 unspecified atom stereocenters. The van der Waals surface area contributed by atoms with E-state index in [2.05, 4.69) is 15.6 Å². The second kappa shape index (κ2) is 5.61. The van der Waals surface area contributed by atoms with E-state index < -0.39 is 11.9 Å². The number of hydrogen-bond acceptors (Lipinski definition) is 5. The van der Waals surface area contributed by atoms with Crippen LogP contribution in [0.2, 0.25) is 0 Å². The van der Waals surface area contributed by atoms with Gasteiger partial charge in [-0.3, -0.25) is 9.79 Å². The molecule has 1 aliphatic heterocycles. The molecule has 0 aromatic heterocycles. The molecule has 1 amide bonds. The van der Waals surface area contributed by atoms with Crippen LogP contribution in [0.3, 0.4) is 0 Å². The number of nitrogens with two attached hydrogens (primary N) is 1. The van der Waals surface area contributed by atoms with E-state index in [1.165, 1.54) is 0 Å². The highest BCUT2D eigenvalue weighted by molar-refractivity contribution is 6.00. The topological polar surface area (TPSA) is 99.7 Å². The molecule has 0 spiro atoms. The summed E-state index contributed by atoms with van der Waals surface area (Å²) in [6.07, 6.45) is 0. The molecule has 0 saturated heterocycles. The van der Waals surface area contributed by atoms with Gasteiger partial charge in [0.15, 0.2) is 0 Å². The lowest BCUT2D eigenvalue weighted by molar-refractivity contribution is -0.118. The molecule has 1 aromatic carbocycles. The summed E-state index contributed by atoms with van der Waals surface area (Å²) in [6, 6.07) is 6.40. The van der Waals surface area contributed by atoms with E-state index in [0.29, 0.717) is 5.69 Å². The van der Waals surface area contributed by atoms with E-state index in [9.17, 15) is 4.79 Å². The third-order valence-electron chi connectivity index (χ3n) is 2.63. The zero-order chi connectivity index (χ0) is 13.0. The molecule has 0 radical (unpaired) electrons. The van der Waals surface area contributed by atoms with Gasteiger partial charge in [-0.25, -0.2) is 0 Å². The van der Waals surface area contributed by atoms with Crippen LogP contribution in [0.4, 0.5) is 5.69 Å². The van der Waals surface area contributed by atoms with Gasteiger partial charge in [0.05, 0.1) is 13.2 Å². The molecule has 0 bridgehead atoms. The van der Waals surface area contributed by atoms with Crippen LogP contribution in [0.1, 0.15) is 5.56 Å². The molecule has 6 nitrogen and oxygen atoms in total. The van der Waals surface area contributed by atoms with Gasteiger partial charge in [0.25, 0.3) is 0 Å². The van der Waals surface area contributed by atoms with E-state index in [1.807, 2.05) is 12.1 Å². The number of rotatable bonds is 4. The van der Waals surface area contributed by atoms with Crippen LogP contribution in [-0.4, -0.2) is 42.6 Å². The van der Waals surface area contributed by atoms with E-state index in [-0.39, 0.29) is 6.61 Å². The number of aliphatic hydroxyl groups is 1. The molecule has 6 heteroatoms. The molecule has 1 heterocycles. The van der Waals surface area contributed by atoms with Crippen LogP contribution in [0, 0.1) is 0 Å². The number of benzene rings is 1. The largest absolute Gasteiger partial charge is 0.394 e. The Morgan fingerprint density at radius 1 is 1.50 bits per heavy atom.